The summed E-state index contributed by atoms with van der Waals surface area (Å²) < 4.78 is 6.94. The summed E-state index contributed by atoms with van der Waals surface area (Å²) in [5.74, 6) is 1.61. The van der Waals surface area contributed by atoms with E-state index in [4.69, 9.17) is 4.74 Å². The first-order chi connectivity index (χ1) is 10.1. The molecule has 118 valence electrons. The third kappa shape index (κ3) is 5.28. The number of nitrogens with one attached hydrogen (secondary N) is 1. The lowest BCUT2D eigenvalue weighted by Gasteiger charge is -2.30. The topological polar surface area (TPSA) is 24.5 Å². The van der Waals surface area contributed by atoms with E-state index >= 15 is 0 Å². The maximum absolute atomic E-state index is 5.88. The van der Waals surface area contributed by atoms with E-state index in [1.54, 1.807) is 0 Å². The molecule has 4 heteroatoms. The van der Waals surface area contributed by atoms with Crippen molar-refractivity contribution in [3.63, 3.8) is 0 Å². The Hall–Kier alpha value is -0.580. The fourth-order valence-corrected chi connectivity index (χ4v) is 3.13. The van der Waals surface area contributed by atoms with E-state index in [0.29, 0.717) is 18.0 Å². The first-order valence-electron chi connectivity index (χ1n) is 7.92. The average molecular weight is 355 g/mol. The highest BCUT2D eigenvalue weighted by molar-refractivity contribution is 9.10. The second-order valence-corrected chi connectivity index (χ2v) is 7.16. The minimum atomic E-state index is 0.584. The van der Waals surface area contributed by atoms with Crippen LogP contribution in [0.3, 0.4) is 0 Å². The maximum atomic E-state index is 5.88. The molecular weight excluding hydrogens is 328 g/mol. The molecule has 1 aromatic carbocycles. The molecule has 1 heterocycles. The van der Waals surface area contributed by atoms with Crippen LogP contribution in [0.4, 0.5) is 0 Å². The molecule has 3 nitrogen and oxygen atoms in total. The molecule has 0 aliphatic carbocycles. The Morgan fingerprint density at radius 1 is 1.43 bits per heavy atom. The Morgan fingerprint density at radius 3 is 2.95 bits per heavy atom. The summed E-state index contributed by atoms with van der Waals surface area (Å²) in [5, 5.41) is 3.67. The van der Waals surface area contributed by atoms with Crippen LogP contribution in [0.2, 0.25) is 0 Å². The summed E-state index contributed by atoms with van der Waals surface area (Å²) in [4.78, 5) is 2.56. The molecule has 1 fully saturated rings. The monoisotopic (exact) mass is 354 g/mol. The smallest absolute Gasteiger partial charge is 0.120 e. The van der Waals surface area contributed by atoms with Gasteiger partial charge >= 0.3 is 0 Å². The number of ether oxygens (including phenoxy) is 1. The van der Waals surface area contributed by atoms with Crippen molar-refractivity contribution in [3.05, 3.63) is 28.7 Å². The molecular formula is C17H27BrN2O. The highest BCUT2D eigenvalue weighted by Gasteiger charge is 2.24. The zero-order valence-electron chi connectivity index (χ0n) is 13.3. The van der Waals surface area contributed by atoms with Crippen LogP contribution in [0.25, 0.3) is 0 Å². The van der Waals surface area contributed by atoms with Crippen molar-refractivity contribution < 1.29 is 4.74 Å². The molecule has 1 N–H and O–H groups in total. The number of hydrogen-bond acceptors (Lipinski definition) is 3. The molecule has 21 heavy (non-hydrogen) atoms. The van der Waals surface area contributed by atoms with Gasteiger partial charge in [0.05, 0.1) is 0 Å². The molecule has 2 atom stereocenters. The normalized spacial score (nSPS) is 24.0. The number of nitrogens with zero attached hydrogens (tertiary/aromatic N) is 1. The van der Waals surface area contributed by atoms with Gasteiger partial charge in [0, 0.05) is 29.6 Å². The molecule has 2 rings (SSSR count). The van der Waals surface area contributed by atoms with Crippen LogP contribution in [0.5, 0.6) is 5.75 Å². The largest absolute Gasteiger partial charge is 0.492 e. The van der Waals surface area contributed by atoms with Crippen molar-refractivity contribution in [1.82, 2.24) is 10.2 Å². The van der Waals surface area contributed by atoms with Crippen LogP contribution in [-0.2, 0) is 0 Å². The van der Waals surface area contributed by atoms with E-state index in [0.717, 1.165) is 36.5 Å². The van der Waals surface area contributed by atoms with Gasteiger partial charge in [-0.25, -0.2) is 0 Å². The Labute approximate surface area is 137 Å². The summed E-state index contributed by atoms with van der Waals surface area (Å²) in [6.45, 7) is 10.9. The van der Waals surface area contributed by atoms with Crippen LogP contribution in [0.15, 0.2) is 28.7 Å². The van der Waals surface area contributed by atoms with Gasteiger partial charge in [-0.2, -0.15) is 0 Å². The van der Waals surface area contributed by atoms with Crippen molar-refractivity contribution in [2.75, 3.05) is 26.2 Å². The van der Waals surface area contributed by atoms with E-state index in [1.165, 1.54) is 6.42 Å². The van der Waals surface area contributed by atoms with Gasteiger partial charge < -0.3 is 10.1 Å². The molecule has 0 radical (unpaired) electrons. The molecule has 0 saturated carbocycles. The van der Waals surface area contributed by atoms with Crippen molar-refractivity contribution >= 4 is 15.9 Å². The lowest BCUT2D eigenvalue weighted by atomic mass is 10.0. The van der Waals surface area contributed by atoms with Gasteiger partial charge in [0.15, 0.2) is 0 Å². The van der Waals surface area contributed by atoms with E-state index < -0.39 is 0 Å². The summed E-state index contributed by atoms with van der Waals surface area (Å²) in [5.41, 5.74) is 0. The van der Waals surface area contributed by atoms with Crippen molar-refractivity contribution in [1.29, 1.82) is 0 Å². The number of halogens is 1. The Bertz CT molecular complexity index is 439. The average Bonchev–Trinajstić information content (AvgIpc) is 2.62. The van der Waals surface area contributed by atoms with Gasteiger partial charge in [-0.1, -0.05) is 35.8 Å². The van der Waals surface area contributed by atoms with Crippen LogP contribution >= 0.6 is 15.9 Å². The van der Waals surface area contributed by atoms with Gasteiger partial charge in [-0.15, -0.1) is 0 Å². The lowest BCUT2D eigenvalue weighted by molar-refractivity contribution is 0.157. The predicted octanol–water partition coefficient (Wildman–Crippen LogP) is 3.54. The van der Waals surface area contributed by atoms with Crippen LogP contribution in [-0.4, -0.2) is 43.2 Å². The van der Waals surface area contributed by atoms with Gasteiger partial charge in [0.2, 0.25) is 0 Å². The van der Waals surface area contributed by atoms with Crippen LogP contribution < -0.4 is 10.1 Å². The summed E-state index contributed by atoms with van der Waals surface area (Å²) in [6, 6.07) is 9.25. The molecule has 0 aromatic heterocycles. The first kappa shape index (κ1) is 16.8. The SMILES string of the molecule is CC(C)C1CN(CCOc2cccc(Br)c2)C(C)CCN1. The zero-order valence-corrected chi connectivity index (χ0v) is 14.9. The van der Waals surface area contributed by atoms with Crippen molar-refractivity contribution in [2.24, 2.45) is 5.92 Å². The van der Waals surface area contributed by atoms with Gasteiger partial charge in [0.1, 0.15) is 12.4 Å². The summed E-state index contributed by atoms with van der Waals surface area (Å²) >= 11 is 3.48. The molecule has 1 aliphatic rings. The second-order valence-electron chi connectivity index (χ2n) is 6.24. The molecule has 1 aromatic rings. The van der Waals surface area contributed by atoms with Gasteiger partial charge in [-0.05, 0) is 44.0 Å². The van der Waals surface area contributed by atoms with Gasteiger partial charge in [-0.3, -0.25) is 4.90 Å². The van der Waals surface area contributed by atoms with Crippen LogP contribution in [0, 0.1) is 5.92 Å². The van der Waals surface area contributed by atoms with Crippen LogP contribution in [0.1, 0.15) is 27.2 Å². The molecule has 0 spiro atoms. The molecule has 0 bridgehead atoms. The fraction of sp³-hybridized carbons (Fsp3) is 0.647. The highest BCUT2D eigenvalue weighted by Crippen LogP contribution is 2.18. The number of hydrogen-bond donors (Lipinski definition) is 1. The number of benzene rings is 1. The molecule has 2 unspecified atom stereocenters. The second kappa shape index (κ2) is 8.16. The minimum absolute atomic E-state index is 0.584. The Balaban J connectivity index is 1.85. The number of rotatable bonds is 5. The summed E-state index contributed by atoms with van der Waals surface area (Å²) in [7, 11) is 0. The van der Waals surface area contributed by atoms with E-state index in [-0.39, 0.29) is 0 Å². The third-order valence-corrected chi connectivity index (χ3v) is 4.76. The predicted molar refractivity (Wildman–Crippen MR) is 91.9 cm³/mol. The van der Waals surface area contributed by atoms with Gasteiger partial charge in [0.25, 0.3) is 0 Å². The van der Waals surface area contributed by atoms with Crippen molar-refractivity contribution in [2.45, 2.75) is 39.3 Å². The fourth-order valence-electron chi connectivity index (χ4n) is 2.75. The van der Waals surface area contributed by atoms with Crippen molar-refractivity contribution in [3.8, 4) is 5.75 Å². The first-order valence-corrected chi connectivity index (χ1v) is 8.71. The molecule has 0 amide bonds. The quantitative estimate of drug-likeness (QED) is 0.875. The van der Waals surface area contributed by atoms with E-state index in [9.17, 15) is 0 Å². The zero-order chi connectivity index (χ0) is 15.2. The highest BCUT2D eigenvalue weighted by atomic mass is 79.9. The Morgan fingerprint density at radius 2 is 2.24 bits per heavy atom. The third-order valence-electron chi connectivity index (χ3n) is 4.27. The minimum Gasteiger partial charge on any atom is -0.492 e. The lowest BCUT2D eigenvalue weighted by Crippen LogP contribution is -2.44. The standard InChI is InChI=1S/C17H27BrN2O/c1-13(2)17-12-20(14(3)7-8-19-17)9-10-21-16-6-4-5-15(18)11-16/h4-6,11,13-14,17,19H,7-10,12H2,1-3H3. The maximum Gasteiger partial charge on any atom is 0.120 e. The molecule has 1 aliphatic heterocycles. The molecule has 1 saturated heterocycles. The Kier molecular flexibility index (Phi) is 6.52. The van der Waals surface area contributed by atoms with E-state index in [1.807, 2.05) is 24.3 Å². The summed E-state index contributed by atoms with van der Waals surface area (Å²) in [6.07, 6.45) is 1.21. The van der Waals surface area contributed by atoms with E-state index in [2.05, 4.69) is 46.9 Å².